The molecule has 0 heterocycles. The van der Waals surface area contributed by atoms with Gasteiger partial charge in [-0.25, -0.2) is 4.79 Å². The zero-order valence-electron chi connectivity index (χ0n) is 22.9. The Kier molecular flexibility index (Phi) is 11.0. The van der Waals surface area contributed by atoms with Crippen molar-refractivity contribution in [2.24, 2.45) is 17.4 Å². The van der Waals surface area contributed by atoms with Gasteiger partial charge in [0.05, 0.1) is 6.04 Å². The van der Waals surface area contributed by atoms with E-state index < -0.39 is 35.9 Å². The van der Waals surface area contributed by atoms with Gasteiger partial charge in [-0.2, -0.15) is 0 Å². The van der Waals surface area contributed by atoms with E-state index in [1.165, 1.54) is 0 Å². The first-order chi connectivity index (χ1) is 19.2. The summed E-state index contributed by atoms with van der Waals surface area (Å²) in [5.41, 5.74) is 12.4. The molecule has 0 fully saturated rings. The molecule has 0 aliphatic heterocycles. The van der Waals surface area contributed by atoms with Gasteiger partial charge >= 0.3 is 5.97 Å². The Morgan fingerprint density at radius 3 is 2.27 bits per heavy atom. The molecule has 10 nitrogen and oxygen atoms in total. The van der Waals surface area contributed by atoms with E-state index in [1.54, 1.807) is 26.0 Å². The number of carbonyl (C=O) groups is 3. The Hall–Kier alpha value is -4.44. The number of guanidine groups is 1. The summed E-state index contributed by atoms with van der Waals surface area (Å²) in [5.74, 6) is -1.70. The molecule has 0 aliphatic carbocycles. The molecular formula is C30H38N6O4. The molecular weight excluding hydrogens is 508 g/mol. The van der Waals surface area contributed by atoms with Gasteiger partial charge < -0.3 is 32.2 Å². The number of nitrogens with two attached hydrogens (primary N) is 2. The van der Waals surface area contributed by atoms with Crippen LogP contribution >= 0.6 is 0 Å². The SMILES string of the molecule is CC(C)[C@H](NC(=O)[C@@H](N)Cc1ccccc1)C(=O)N[C@@H](CCCNC(=N)N)C(=O)Oc1cccc2ccccc12. The van der Waals surface area contributed by atoms with Gasteiger partial charge in [0.1, 0.15) is 17.8 Å². The van der Waals surface area contributed by atoms with E-state index >= 15 is 0 Å². The number of hydrogen-bond acceptors (Lipinski definition) is 6. The van der Waals surface area contributed by atoms with Gasteiger partial charge in [0.2, 0.25) is 11.8 Å². The Morgan fingerprint density at radius 2 is 1.57 bits per heavy atom. The highest BCUT2D eigenvalue weighted by molar-refractivity contribution is 5.94. The van der Waals surface area contributed by atoms with Gasteiger partial charge in [0.15, 0.2) is 5.96 Å². The lowest BCUT2D eigenvalue weighted by atomic mass is 10.0. The summed E-state index contributed by atoms with van der Waals surface area (Å²) >= 11 is 0. The lowest BCUT2D eigenvalue weighted by Crippen LogP contribution is -2.57. The minimum absolute atomic E-state index is 0.187. The van der Waals surface area contributed by atoms with Crippen molar-refractivity contribution in [1.82, 2.24) is 16.0 Å². The molecule has 0 radical (unpaired) electrons. The third-order valence-electron chi connectivity index (χ3n) is 6.43. The standard InChI is InChI=1S/C30H38N6O4/c1-19(2)26(36-27(37)23(31)18-20-10-4-3-5-11-20)28(38)35-24(15-9-17-34-30(32)33)29(39)40-25-16-8-13-21-12-6-7-14-22(21)25/h3-8,10-14,16,19,23-24,26H,9,15,17-18,31H2,1-2H3,(H,35,38)(H,36,37)(H4,32,33,34)/t23-,24-,26-/m0/s1. The van der Waals surface area contributed by atoms with Crippen LogP contribution in [0.4, 0.5) is 0 Å². The van der Waals surface area contributed by atoms with Crippen molar-refractivity contribution in [3.8, 4) is 5.75 Å². The van der Waals surface area contributed by atoms with Gasteiger partial charge in [0.25, 0.3) is 0 Å². The van der Waals surface area contributed by atoms with Crippen molar-refractivity contribution in [1.29, 1.82) is 5.41 Å². The Labute approximate surface area is 234 Å². The molecule has 0 unspecified atom stereocenters. The smallest absolute Gasteiger partial charge is 0.334 e. The van der Waals surface area contributed by atoms with Crippen LogP contribution in [-0.4, -0.2) is 48.4 Å². The average molecular weight is 547 g/mol. The molecule has 8 N–H and O–H groups in total. The Morgan fingerprint density at radius 1 is 0.900 bits per heavy atom. The van der Waals surface area contributed by atoms with Crippen LogP contribution in [0, 0.1) is 11.3 Å². The number of benzene rings is 3. The van der Waals surface area contributed by atoms with Gasteiger partial charge in [-0.05, 0) is 42.2 Å². The molecule has 2 amide bonds. The molecule has 0 bridgehead atoms. The minimum atomic E-state index is -1.00. The summed E-state index contributed by atoms with van der Waals surface area (Å²) in [5, 5.41) is 17.2. The third-order valence-corrected chi connectivity index (χ3v) is 6.43. The predicted octanol–water partition coefficient (Wildman–Crippen LogP) is 2.20. The zero-order chi connectivity index (χ0) is 29.1. The number of rotatable bonds is 13. The van der Waals surface area contributed by atoms with Crippen LogP contribution in [0.3, 0.4) is 0 Å². The first kappa shape index (κ1) is 30.1. The lowest BCUT2D eigenvalue weighted by Gasteiger charge is -2.26. The van der Waals surface area contributed by atoms with E-state index in [9.17, 15) is 14.4 Å². The van der Waals surface area contributed by atoms with E-state index in [0.29, 0.717) is 25.1 Å². The monoisotopic (exact) mass is 546 g/mol. The largest absolute Gasteiger partial charge is 0.424 e. The van der Waals surface area contributed by atoms with Gasteiger partial charge in [-0.1, -0.05) is 80.6 Å². The van der Waals surface area contributed by atoms with E-state index in [4.69, 9.17) is 21.6 Å². The van der Waals surface area contributed by atoms with Crippen molar-refractivity contribution in [3.05, 3.63) is 78.4 Å². The fourth-order valence-corrected chi connectivity index (χ4v) is 4.26. The summed E-state index contributed by atoms with van der Waals surface area (Å²) in [6.07, 6.45) is 0.972. The molecule has 3 aromatic rings. The number of amides is 2. The molecule has 0 aromatic heterocycles. The molecule has 10 heteroatoms. The maximum Gasteiger partial charge on any atom is 0.334 e. The second-order valence-corrected chi connectivity index (χ2v) is 9.97. The Balaban J connectivity index is 1.72. The average Bonchev–Trinajstić information content (AvgIpc) is 2.93. The third kappa shape index (κ3) is 8.81. The molecule has 212 valence electrons. The molecule has 0 spiro atoms. The number of ether oxygens (including phenoxy) is 1. The summed E-state index contributed by atoms with van der Waals surface area (Å²) in [6, 6.07) is 19.5. The predicted molar refractivity (Wildman–Crippen MR) is 156 cm³/mol. The highest BCUT2D eigenvalue weighted by Crippen LogP contribution is 2.25. The molecule has 0 saturated heterocycles. The first-order valence-electron chi connectivity index (χ1n) is 13.3. The number of hydrogen-bond donors (Lipinski definition) is 6. The van der Waals surface area contributed by atoms with Crippen molar-refractivity contribution >= 4 is 34.5 Å². The van der Waals surface area contributed by atoms with Gasteiger partial charge in [-0.3, -0.25) is 15.0 Å². The van der Waals surface area contributed by atoms with Crippen LogP contribution in [0.1, 0.15) is 32.3 Å². The van der Waals surface area contributed by atoms with Crippen LogP contribution in [0.15, 0.2) is 72.8 Å². The van der Waals surface area contributed by atoms with E-state index in [2.05, 4.69) is 16.0 Å². The molecule has 0 aliphatic rings. The highest BCUT2D eigenvalue weighted by Gasteiger charge is 2.31. The summed E-state index contributed by atoms with van der Waals surface area (Å²) in [7, 11) is 0. The van der Waals surface area contributed by atoms with Crippen molar-refractivity contribution in [2.75, 3.05) is 6.54 Å². The van der Waals surface area contributed by atoms with Crippen LogP contribution < -0.4 is 32.2 Å². The van der Waals surface area contributed by atoms with E-state index in [0.717, 1.165) is 16.3 Å². The quantitative estimate of drug-likeness (QED) is 0.0627. The molecule has 3 atom stereocenters. The fraction of sp³-hybridized carbons (Fsp3) is 0.333. The number of esters is 1. The summed E-state index contributed by atoms with van der Waals surface area (Å²) in [4.78, 5) is 39.6. The lowest BCUT2D eigenvalue weighted by molar-refractivity contribution is -0.140. The number of nitrogens with one attached hydrogen (secondary N) is 4. The van der Waals surface area contributed by atoms with Crippen molar-refractivity contribution in [2.45, 2.75) is 51.2 Å². The van der Waals surface area contributed by atoms with Crippen LogP contribution in [0.5, 0.6) is 5.75 Å². The van der Waals surface area contributed by atoms with E-state index in [-0.39, 0.29) is 18.3 Å². The highest BCUT2D eigenvalue weighted by atomic mass is 16.5. The minimum Gasteiger partial charge on any atom is -0.424 e. The summed E-state index contributed by atoms with van der Waals surface area (Å²) in [6.45, 7) is 3.93. The molecule has 3 rings (SSSR count). The van der Waals surface area contributed by atoms with Gasteiger partial charge in [0, 0.05) is 11.9 Å². The van der Waals surface area contributed by atoms with Gasteiger partial charge in [-0.15, -0.1) is 0 Å². The summed E-state index contributed by atoms with van der Waals surface area (Å²) < 4.78 is 5.75. The topological polar surface area (TPSA) is 172 Å². The zero-order valence-corrected chi connectivity index (χ0v) is 22.9. The first-order valence-corrected chi connectivity index (χ1v) is 13.3. The van der Waals surface area contributed by atoms with Crippen molar-refractivity contribution in [3.63, 3.8) is 0 Å². The second-order valence-electron chi connectivity index (χ2n) is 9.97. The molecule has 40 heavy (non-hydrogen) atoms. The fourth-order valence-electron chi connectivity index (χ4n) is 4.26. The van der Waals surface area contributed by atoms with Crippen molar-refractivity contribution < 1.29 is 19.1 Å². The van der Waals surface area contributed by atoms with E-state index in [1.807, 2.05) is 60.7 Å². The molecule has 0 saturated carbocycles. The van der Waals surface area contributed by atoms with Crippen LogP contribution in [0.2, 0.25) is 0 Å². The Bertz CT molecular complexity index is 1310. The van der Waals surface area contributed by atoms with Crippen LogP contribution in [0.25, 0.3) is 10.8 Å². The number of fused-ring (bicyclic) bond motifs is 1. The van der Waals surface area contributed by atoms with Crippen LogP contribution in [-0.2, 0) is 20.8 Å². The normalized spacial score (nSPS) is 13.2. The molecule has 3 aromatic carbocycles. The number of carbonyl (C=O) groups excluding carboxylic acids is 3. The maximum atomic E-state index is 13.4. The second kappa shape index (κ2) is 14.6. The maximum absolute atomic E-state index is 13.4.